The van der Waals surface area contributed by atoms with E-state index in [1.807, 2.05) is 0 Å². The summed E-state index contributed by atoms with van der Waals surface area (Å²) in [7, 11) is 0. The Morgan fingerprint density at radius 3 is 2.88 bits per heavy atom. The zero-order chi connectivity index (χ0) is 11.4. The summed E-state index contributed by atoms with van der Waals surface area (Å²) < 4.78 is 4.87. The summed E-state index contributed by atoms with van der Waals surface area (Å²) in [5.41, 5.74) is 1.08. The normalized spacial score (nSPS) is 10.0. The Morgan fingerprint density at radius 2 is 2.25 bits per heavy atom. The highest BCUT2D eigenvalue weighted by atomic mass is 16.3. The number of pyridine rings is 1. The van der Waals surface area contributed by atoms with E-state index < -0.39 is 0 Å². The van der Waals surface area contributed by atoms with E-state index >= 15 is 0 Å². The molecule has 0 aromatic carbocycles. The van der Waals surface area contributed by atoms with Gasteiger partial charge in [-0.1, -0.05) is 0 Å². The van der Waals surface area contributed by atoms with Crippen molar-refractivity contribution in [3.05, 3.63) is 58.4 Å². The van der Waals surface area contributed by atoms with Crippen molar-refractivity contribution in [2.45, 2.75) is 6.54 Å². The molecule has 82 valence electrons. The third-order valence-electron chi connectivity index (χ3n) is 2.08. The Balaban J connectivity index is 1.98. The van der Waals surface area contributed by atoms with E-state index in [1.165, 1.54) is 18.3 Å². The summed E-state index contributed by atoms with van der Waals surface area (Å²) in [6.07, 6.45) is 4.49. The Morgan fingerprint density at radius 1 is 1.38 bits per heavy atom. The number of furan rings is 1. The van der Waals surface area contributed by atoms with E-state index in [9.17, 15) is 9.59 Å². The first-order chi connectivity index (χ1) is 7.75. The molecule has 2 heterocycles. The van der Waals surface area contributed by atoms with Crippen molar-refractivity contribution in [1.82, 2.24) is 10.3 Å². The van der Waals surface area contributed by atoms with Gasteiger partial charge in [0.2, 0.25) is 5.56 Å². The minimum Gasteiger partial charge on any atom is -0.472 e. The Labute approximate surface area is 91.1 Å². The molecule has 5 nitrogen and oxygen atoms in total. The summed E-state index contributed by atoms with van der Waals surface area (Å²) >= 11 is 0. The number of H-pyrrole nitrogens is 1. The molecular formula is C11H10N2O3. The van der Waals surface area contributed by atoms with E-state index in [-0.39, 0.29) is 11.5 Å². The molecule has 0 spiro atoms. The lowest BCUT2D eigenvalue weighted by Gasteiger charge is -2.02. The number of carbonyl (C=O) groups is 1. The average Bonchev–Trinajstić information content (AvgIpc) is 2.80. The van der Waals surface area contributed by atoms with Crippen LogP contribution in [0.3, 0.4) is 0 Å². The number of nitrogens with one attached hydrogen (secondary N) is 2. The van der Waals surface area contributed by atoms with Gasteiger partial charge in [0.05, 0.1) is 18.1 Å². The van der Waals surface area contributed by atoms with Crippen molar-refractivity contribution in [3.8, 4) is 0 Å². The minimum absolute atomic E-state index is 0.230. The summed E-state index contributed by atoms with van der Waals surface area (Å²) in [5.74, 6) is -0.238. The molecule has 0 bridgehead atoms. The maximum Gasteiger partial charge on any atom is 0.253 e. The lowest BCUT2D eigenvalue weighted by atomic mass is 10.2. The minimum atomic E-state index is -0.238. The van der Waals surface area contributed by atoms with E-state index in [0.29, 0.717) is 12.1 Å². The van der Waals surface area contributed by atoms with Crippen molar-refractivity contribution < 1.29 is 9.21 Å². The number of hydrogen-bond acceptors (Lipinski definition) is 3. The molecule has 2 aromatic heterocycles. The van der Waals surface area contributed by atoms with Crippen molar-refractivity contribution in [3.63, 3.8) is 0 Å². The van der Waals surface area contributed by atoms with Gasteiger partial charge in [0.25, 0.3) is 5.91 Å². The Bertz CT molecular complexity index is 508. The van der Waals surface area contributed by atoms with Crippen LogP contribution in [0.1, 0.15) is 15.9 Å². The number of hydrogen-bond donors (Lipinski definition) is 2. The monoisotopic (exact) mass is 218 g/mol. The van der Waals surface area contributed by atoms with Gasteiger partial charge in [-0.25, -0.2) is 0 Å². The number of carbonyl (C=O) groups excluding carboxylic acids is 1. The number of aromatic amines is 1. The van der Waals surface area contributed by atoms with Crippen LogP contribution in [0.15, 0.2) is 46.1 Å². The molecule has 2 aromatic rings. The summed E-state index contributed by atoms with van der Waals surface area (Å²) in [6, 6.07) is 4.56. The maximum atomic E-state index is 11.6. The SMILES string of the molecule is O=C(NCc1ccoc1)c1ccc(=O)[nH]c1. The van der Waals surface area contributed by atoms with Crippen LogP contribution < -0.4 is 10.9 Å². The van der Waals surface area contributed by atoms with Crippen molar-refractivity contribution >= 4 is 5.91 Å². The smallest absolute Gasteiger partial charge is 0.253 e. The lowest BCUT2D eigenvalue weighted by Crippen LogP contribution is -2.23. The maximum absolute atomic E-state index is 11.6. The van der Waals surface area contributed by atoms with Crippen LogP contribution in [-0.4, -0.2) is 10.9 Å². The van der Waals surface area contributed by atoms with Gasteiger partial charge in [0, 0.05) is 24.4 Å². The van der Waals surface area contributed by atoms with Gasteiger partial charge in [-0.3, -0.25) is 9.59 Å². The van der Waals surface area contributed by atoms with Crippen LogP contribution in [-0.2, 0) is 6.54 Å². The zero-order valence-corrected chi connectivity index (χ0v) is 8.40. The van der Waals surface area contributed by atoms with Gasteiger partial charge < -0.3 is 14.7 Å². The van der Waals surface area contributed by atoms with Gasteiger partial charge in [0.15, 0.2) is 0 Å². The molecule has 1 amide bonds. The molecular weight excluding hydrogens is 208 g/mol. The van der Waals surface area contributed by atoms with E-state index in [0.717, 1.165) is 5.56 Å². The second-order valence-corrected chi connectivity index (χ2v) is 3.26. The third-order valence-corrected chi connectivity index (χ3v) is 2.08. The second-order valence-electron chi connectivity index (χ2n) is 3.26. The van der Waals surface area contributed by atoms with Crippen LogP contribution in [0.4, 0.5) is 0 Å². The number of rotatable bonds is 3. The van der Waals surface area contributed by atoms with Gasteiger partial charge >= 0.3 is 0 Å². The first-order valence-corrected chi connectivity index (χ1v) is 4.74. The molecule has 0 radical (unpaired) electrons. The molecule has 0 saturated heterocycles. The van der Waals surface area contributed by atoms with Crippen LogP contribution in [0.25, 0.3) is 0 Å². The Kier molecular flexibility index (Phi) is 2.86. The van der Waals surface area contributed by atoms with Gasteiger partial charge in [-0.15, -0.1) is 0 Å². The third kappa shape index (κ3) is 2.38. The van der Waals surface area contributed by atoms with Crippen molar-refractivity contribution in [1.29, 1.82) is 0 Å². The molecule has 0 unspecified atom stereocenters. The molecule has 0 aliphatic heterocycles. The lowest BCUT2D eigenvalue weighted by molar-refractivity contribution is 0.0950. The average molecular weight is 218 g/mol. The molecule has 0 aliphatic carbocycles. The summed E-state index contributed by atoms with van der Waals surface area (Å²) in [5, 5.41) is 2.70. The quantitative estimate of drug-likeness (QED) is 0.803. The molecule has 5 heteroatoms. The van der Waals surface area contributed by atoms with E-state index in [1.54, 1.807) is 18.6 Å². The highest BCUT2D eigenvalue weighted by Crippen LogP contribution is 2.00. The van der Waals surface area contributed by atoms with Gasteiger partial charge in [-0.2, -0.15) is 0 Å². The highest BCUT2D eigenvalue weighted by Gasteiger charge is 2.04. The standard InChI is InChI=1S/C11H10N2O3/c14-10-2-1-9(6-12-10)11(15)13-5-8-3-4-16-7-8/h1-4,6-7H,5H2,(H,12,14)(H,13,15). The second kappa shape index (κ2) is 4.48. The zero-order valence-electron chi connectivity index (χ0n) is 8.40. The van der Waals surface area contributed by atoms with E-state index in [2.05, 4.69) is 10.3 Å². The van der Waals surface area contributed by atoms with Crippen LogP contribution >= 0.6 is 0 Å². The molecule has 2 N–H and O–H groups in total. The first-order valence-electron chi connectivity index (χ1n) is 4.74. The largest absolute Gasteiger partial charge is 0.472 e. The first kappa shape index (κ1) is 10.2. The van der Waals surface area contributed by atoms with Gasteiger partial charge in [-0.05, 0) is 12.1 Å². The highest BCUT2D eigenvalue weighted by molar-refractivity contribution is 5.93. The van der Waals surface area contributed by atoms with Crippen LogP contribution in [0.2, 0.25) is 0 Å². The summed E-state index contributed by atoms with van der Waals surface area (Å²) in [6.45, 7) is 0.397. The van der Waals surface area contributed by atoms with E-state index in [4.69, 9.17) is 4.42 Å². The predicted molar refractivity (Wildman–Crippen MR) is 56.9 cm³/mol. The Hall–Kier alpha value is -2.30. The number of amides is 1. The molecule has 0 fully saturated rings. The van der Waals surface area contributed by atoms with Crippen molar-refractivity contribution in [2.24, 2.45) is 0 Å². The molecule has 0 atom stereocenters. The number of aromatic nitrogens is 1. The summed E-state index contributed by atoms with van der Waals surface area (Å²) in [4.78, 5) is 24.8. The topological polar surface area (TPSA) is 75.1 Å². The fourth-order valence-electron chi connectivity index (χ4n) is 1.23. The molecule has 16 heavy (non-hydrogen) atoms. The van der Waals surface area contributed by atoms with Crippen LogP contribution in [0.5, 0.6) is 0 Å². The van der Waals surface area contributed by atoms with Crippen LogP contribution in [0, 0.1) is 0 Å². The van der Waals surface area contributed by atoms with Gasteiger partial charge in [0.1, 0.15) is 0 Å². The molecule has 0 saturated carbocycles. The fourth-order valence-corrected chi connectivity index (χ4v) is 1.23. The molecule has 2 rings (SSSR count). The molecule has 0 aliphatic rings. The van der Waals surface area contributed by atoms with Crippen molar-refractivity contribution in [2.75, 3.05) is 0 Å². The fraction of sp³-hybridized carbons (Fsp3) is 0.0909. The predicted octanol–water partition coefficient (Wildman–Crippen LogP) is 0.898.